The Morgan fingerprint density at radius 2 is 1.89 bits per heavy atom. The lowest BCUT2D eigenvalue weighted by Crippen LogP contribution is -2.37. The van der Waals surface area contributed by atoms with Gasteiger partial charge in [0, 0.05) is 29.9 Å². The Morgan fingerprint density at radius 1 is 1.07 bits per heavy atom. The minimum atomic E-state index is -0.347. The molecule has 0 bridgehead atoms. The van der Waals surface area contributed by atoms with Crippen LogP contribution in [0.4, 0.5) is 16.2 Å². The second kappa shape index (κ2) is 7.17. The van der Waals surface area contributed by atoms with E-state index >= 15 is 0 Å². The van der Waals surface area contributed by atoms with Crippen molar-refractivity contribution in [2.45, 2.75) is 0 Å². The fourth-order valence-electron chi connectivity index (χ4n) is 2.98. The molecule has 0 saturated carbocycles. The Kier molecular flexibility index (Phi) is 4.72. The average Bonchev–Trinajstić information content (AvgIpc) is 3.24. The van der Waals surface area contributed by atoms with Crippen LogP contribution in [0.2, 0.25) is 10.0 Å². The van der Waals surface area contributed by atoms with Crippen molar-refractivity contribution in [3.8, 4) is 11.5 Å². The van der Waals surface area contributed by atoms with Gasteiger partial charge in [-0.3, -0.25) is 9.69 Å². The quantitative estimate of drug-likeness (QED) is 0.840. The number of rotatable bonds is 4. The number of benzene rings is 2. The Hall–Kier alpha value is -2.64. The van der Waals surface area contributed by atoms with Gasteiger partial charge in [0.25, 0.3) is 0 Å². The van der Waals surface area contributed by atoms with E-state index in [2.05, 4.69) is 5.32 Å². The van der Waals surface area contributed by atoms with Crippen molar-refractivity contribution < 1.29 is 19.1 Å². The third-order valence-electron chi connectivity index (χ3n) is 4.30. The molecule has 0 unspecified atom stereocenters. The molecule has 2 aromatic rings. The second-order valence-corrected chi connectivity index (χ2v) is 6.91. The van der Waals surface area contributed by atoms with E-state index in [0.29, 0.717) is 46.0 Å². The summed E-state index contributed by atoms with van der Waals surface area (Å²) in [4.78, 5) is 28.0. The van der Waals surface area contributed by atoms with Gasteiger partial charge in [-0.2, -0.15) is 0 Å². The maximum absolute atomic E-state index is 12.7. The minimum absolute atomic E-state index is 0.0806. The number of hydrogen-bond donors (Lipinski definition) is 1. The summed E-state index contributed by atoms with van der Waals surface area (Å²) in [6.07, 6.45) is 0. The molecular formula is C18H15Cl2N3O4. The highest BCUT2D eigenvalue weighted by Crippen LogP contribution is 2.36. The summed E-state index contributed by atoms with van der Waals surface area (Å²) in [6, 6.07) is 9.86. The first-order chi connectivity index (χ1) is 13.0. The molecular weight excluding hydrogens is 393 g/mol. The van der Waals surface area contributed by atoms with Crippen LogP contribution >= 0.6 is 23.2 Å². The Morgan fingerprint density at radius 3 is 2.74 bits per heavy atom. The molecule has 0 aromatic heterocycles. The minimum Gasteiger partial charge on any atom is -0.454 e. The number of carbonyl (C=O) groups excluding carboxylic acids is 2. The summed E-state index contributed by atoms with van der Waals surface area (Å²) < 4.78 is 10.6. The molecule has 27 heavy (non-hydrogen) atoms. The zero-order valence-corrected chi connectivity index (χ0v) is 15.6. The number of amides is 3. The lowest BCUT2D eigenvalue weighted by molar-refractivity contribution is -0.116. The van der Waals surface area contributed by atoms with E-state index in [-0.39, 0.29) is 25.3 Å². The van der Waals surface area contributed by atoms with E-state index < -0.39 is 0 Å². The molecule has 2 aliphatic rings. The zero-order valence-electron chi connectivity index (χ0n) is 14.1. The van der Waals surface area contributed by atoms with Crippen LogP contribution in [0.25, 0.3) is 0 Å². The molecule has 140 valence electrons. The topological polar surface area (TPSA) is 71.1 Å². The largest absolute Gasteiger partial charge is 0.454 e. The summed E-state index contributed by atoms with van der Waals surface area (Å²) in [5, 5.41) is 3.52. The van der Waals surface area contributed by atoms with Crippen LogP contribution in [-0.4, -0.2) is 43.3 Å². The molecule has 0 aliphatic carbocycles. The van der Waals surface area contributed by atoms with E-state index in [1.165, 1.54) is 4.90 Å². The highest BCUT2D eigenvalue weighted by molar-refractivity contribution is 6.35. The van der Waals surface area contributed by atoms with Gasteiger partial charge >= 0.3 is 6.03 Å². The first-order valence-corrected chi connectivity index (χ1v) is 8.98. The van der Waals surface area contributed by atoms with Crippen molar-refractivity contribution in [3.05, 3.63) is 46.4 Å². The van der Waals surface area contributed by atoms with Crippen LogP contribution in [0, 0.1) is 0 Å². The number of nitrogens with one attached hydrogen (secondary N) is 1. The molecule has 1 N–H and O–H groups in total. The number of hydrogen-bond acceptors (Lipinski definition) is 4. The van der Waals surface area contributed by atoms with Crippen molar-refractivity contribution in [3.63, 3.8) is 0 Å². The highest BCUT2D eigenvalue weighted by Gasteiger charge is 2.31. The number of nitrogens with zero attached hydrogens (tertiary/aromatic N) is 2. The lowest BCUT2D eigenvalue weighted by Gasteiger charge is -2.19. The van der Waals surface area contributed by atoms with Gasteiger partial charge in [-0.15, -0.1) is 0 Å². The molecule has 2 heterocycles. The van der Waals surface area contributed by atoms with Gasteiger partial charge in [0.05, 0.1) is 10.7 Å². The van der Waals surface area contributed by atoms with Crippen LogP contribution in [0.3, 0.4) is 0 Å². The molecule has 0 spiro atoms. The Labute approximate surface area is 165 Å². The van der Waals surface area contributed by atoms with Gasteiger partial charge < -0.3 is 19.7 Å². The molecule has 3 amide bonds. The Bertz CT molecular complexity index is 921. The number of fused-ring (bicyclic) bond motifs is 1. The monoisotopic (exact) mass is 407 g/mol. The standard InChI is InChI=1S/C18H15Cl2N3O4/c19-11-1-3-13(20)14(7-11)21-17(24)9-22-5-6-23(18(22)25)12-2-4-15-16(8-12)27-10-26-15/h1-4,7-8H,5-6,9-10H2,(H,21,24). The normalized spacial score (nSPS) is 15.4. The van der Waals surface area contributed by atoms with Crippen molar-refractivity contribution in [1.29, 1.82) is 0 Å². The summed E-state index contributed by atoms with van der Waals surface area (Å²) in [5.41, 5.74) is 1.11. The first-order valence-electron chi connectivity index (χ1n) is 8.22. The molecule has 9 heteroatoms. The average molecular weight is 408 g/mol. The summed E-state index contributed by atoms with van der Waals surface area (Å²) >= 11 is 12.0. The molecule has 1 saturated heterocycles. The van der Waals surface area contributed by atoms with Gasteiger partial charge in [-0.05, 0) is 30.3 Å². The van der Waals surface area contributed by atoms with E-state index in [1.54, 1.807) is 41.3 Å². The zero-order chi connectivity index (χ0) is 19.0. The smallest absolute Gasteiger partial charge is 0.325 e. The number of anilines is 2. The molecule has 0 radical (unpaired) electrons. The second-order valence-electron chi connectivity index (χ2n) is 6.07. The van der Waals surface area contributed by atoms with Gasteiger partial charge in [0.1, 0.15) is 6.54 Å². The van der Waals surface area contributed by atoms with Crippen LogP contribution in [0.5, 0.6) is 11.5 Å². The lowest BCUT2D eigenvalue weighted by atomic mass is 10.2. The van der Waals surface area contributed by atoms with Gasteiger partial charge in [-0.25, -0.2) is 4.79 Å². The van der Waals surface area contributed by atoms with Crippen LogP contribution < -0.4 is 19.7 Å². The molecule has 2 aliphatic heterocycles. The number of carbonyl (C=O) groups is 2. The fourth-order valence-corrected chi connectivity index (χ4v) is 3.32. The number of halogens is 2. The summed E-state index contributed by atoms with van der Waals surface area (Å²) in [7, 11) is 0. The van der Waals surface area contributed by atoms with E-state index in [4.69, 9.17) is 32.7 Å². The molecule has 4 rings (SSSR count). The molecule has 1 fully saturated rings. The van der Waals surface area contributed by atoms with E-state index in [1.807, 2.05) is 0 Å². The van der Waals surface area contributed by atoms with Crippen molar-refractivity contribution >= 4 is 46.5 Å². The van der Waals surface area contributed by atoms with Crippen LogP contribution in [0.1, 0.15) is 0 Å². The van der Waals surface area contributed by atoms with Gasteiger partial charge in [-0.1, -0.05) is 23.2 Å². The van der Waals surface area contributed by atoms with Crippen LogP contribution in [0.15, 0.2) is 36.4 Å². The highest BCUT2D eigenvalue weighted by atomic mass is 35.5. The third kappa shape index (κ3) is 3.61. The van der Waals surface area contributed by atoms with Gasteiger partial charge in [0.15, 0.2) is 11.5 Å². The maximum Gasteiger partial charge on any atom is 0.325 e. The van der Waals surface area contributed by atoms with Gasteiger partial charge in [0.2, 0.25) is 12.7 Å². The maximum atomic E-state index is 12.7. The molecule has 7 nitrogen and oxygen atoms in total. The van der Waals surface area contributed by atoms with Crippen molar-refractivity contribution in [1.82, 2.24) is 4.90 Å². The summed E-state index contributed by atoms with van der Waals surface area (Å²) in [6.45, 7) is 1.00. The SMILES string of the molecule is O=C(CN1CCN(c2ccc3c(c2)OCO3)C1=O)Nc1cc(Cl)ccc1Cl. The Balaban J connectivity index is 1.41. The predicted molar refractivity (Wildman–Crippen MR) is 102 cm³/mol. The molecule has 2 aromatic carbocycles. The van der Waals surface area contributed by atoms with Crippen molar-refractivity contribution in [2.24, 2.45) is 0 Å². The molecule has 0 atom stereocenters. The summed E-state index contributed by atoms with van der Waals surface area (Å²) in [5.74, 6) is 0.909. The van der Waals surface area contributed by atoms with E-state index in [0.717, 1.165) is 0 Å². The number of ether oxygens (including phenoxy) is 2. The van der Waals surface area contributed by atoms with Crippen molar-refractivity contribution in [2.75, 3.05) is 36.6 Å². The third-order valence-corrected chi connectivity index (χ3v) is 4.86. The van der Waals surface area contributed by atoms with E-state index in [9.17, 15) is 9.59 Å². The predicted octanol–water partition coefficient (Wildman–Crippen LogP) is 3.60. The number of urea groups is 1. The first kappa shape index (κ1) is 17.8. The fraction of sp³-hybridized carbons (Fsp3) is 0.222. The van der Waals surface area contributed by atoms with Crippen LogP contribution in [-0.2, 0) is 4.79 Å².